The van der Waals surface area contributed by atoms with E-state index >= 15 is 0 Å². The minimum Gasteiger partial charge on any atom is -0.494 e. The molecule has 106 valence electrons. The fraction of sp³-hybridized carbons (Fsp3) is 0.294. The van der Waals surface area contributed by atoms with E-state index in [0.29, 0.717) is 5.56 Å². The van der Waals surface area contributed by atoms with Gasteiger partial charge in [-0.3, -0.25) is 0 Å². The summed E-state index contributed by atoms with van der Waals surface area (Å²) >= 11 is 0. The summed E-state index contributed by atoms with van der Waals surface area (Å²) in [5.41, 5.74) is 1.21. The van der Waals surface area contributed by atoms with E-state index in [4.69, 9.17) is 4.74 Å². The fourth-order valence-corrected chi connectivity index (χ4v) is 2.24. The van der Waals surface area contributed by atoms with Crippen LogP contribution >= 0.6 is 0 Å². The van der Waals surface area contributed by atoms with Crippen molar-refractivity contribution in [3.63, 3.8) is 0 Å². The largest absolute Gasteiger partial charge is 0.494 e. The summed E-state index contributed by atoms with van der Waals surface area (Å²) in [5, 5.41) is 10.6. The molecular weight excluding hydrogens is 255 g/mol. The zero-order valence-electron chi connectivity index (χ0n) is 12.0. The molecule has 0 aromatic heterocycles. The number of aryl methyl sites for hydroxylation is 1. The minimum absolute atomic E-state index is 0.194. The van der Waals surface area contributed by atoms with E-state index in [1.54, 1.807) is 25.1 Å². The Hall–Kier alpha value is -1.87. The number of hydrogen-bond acceptors (Lipinski definition) is 2. The highest BCUT2D eigenvalue weighted by Crippen LogP contribution is 2.29. The second kappa shape index (κ2) is 5.63. The number of methoxy groups -OCH3 is 1. The molecule has 0 aliphatic rings. The van der Waals surface area contributed by atoms with E-state index in [-0.39, 0.29) is 12.2 Å². The summed E-state index contributed by atoms with van der Waals surface area (Å²) in [6.45, 7) is 3.68. The molecule has 0 radical (unpaired) electrons. The van der Waals surface area contributed by atoms with Gasteiger partial charge in [-0.25, -0.2) is 4.39 Å². The van der Waals surface area contributed by atoms with Gasteiger partial charge in [-0.1, -0.05) is 42.0 Å². The molecular formula is C17H19FO2. The van der Waals surface area contributed by atoms with Gasteiger partial charge in [0.2, 0.25) is 0 Å². The SMILES string of the molecule is COc1cccc(CC(C)(O)c2ccc(C)cc2)c1F. The zero-order chi connectivity index (χ0) is 14.8. The van der Waals surface area contributed by atoms with Crippen LogP contribution in [0.5, 0.6) is 5.75 Å². The molecule has 0 heterocycles. The van der Waals surface area contributed by atoms with E-state index in [1.165, 1.54) is 7.11 Å². The lowest BCUT2D eigenvalue weighted by molar-refractivity contribution is 0.0566. The van der Waals surface area contributed by atoms with E-state index < -0.39 is 11.4 Å². The molecule has 2 rings (SSSR count). The van der Waals surface area contributed by atoms with Gasteiger partial charge in [-0.15, -0.1) is 0 Å². The molecule has 0 bridgehead atoms. The topological polar surface area (TPSA) is 29.5 Å². The lowest BCUT2D eigenvalue weighted by atomic mass is 9.88. The van der Waals surface area contributed by atoms with Crippen molar-refractivity contribution in [2.24, 2.45) is 0 Å². The molecule has 0 aliphatic heterocycles. The molecule has 0 saturated carbocycles. The van der Waals surface area contributed by atoms with Crippen molar-refractivity contribution in [3.05, 3.63) is 65.0 Å². The van der Waals surface area contributed by atoms with Gasteiger partial charge in [0.05, 0.1) is 12.7 Å². The average Bonchev–Trinajstić information content (AvgIpc) is 2.41. The standard InChI is InChI=1S/C17H19FO2/c1-12-7-9-14(10-8-12)17(2,19)11-13-5-4-6-15(20-3)16(13)18/h4-10,19H,11H2,1-3H3. The van der Waals surface area contributed by atoms with Gasteiger partial charge >= 0.3 is 0 Å². The molecule has 2 aromatic rings. The summed E-state index contributed by atoms with van der Waals surface area (Å²) in [6, 6.07) is 12.6. The van der Waals surface area contributed by atoms with Crippen LogP contribution in [-0.4, -0.2) is 12.2 Å². The van der Waals surface area contributed by atoms with Crippen molar-refractivity contribution in [2.45, 2.75) is 25.9 Å². The van der Waals surface area contributed by atoms with E-state index in [0.717, 1.165) is 11.1 Å². The smallest absolute Gasteiger partial charge is 0.168 e. The highest BCUT2D eigenvalue weighted by molar-refractivity contribution is 5.34. The third-order valence-corrected chi connectivity index (χ3v) is 3.47. The van der Waals surface area contributed by atoms with Crippen LogP contribution in [0, 0.1) is 12.7 Å². The molecule has 0 fully saturated rings. The van der Waals surface area contributed by atoms with Crippen molar-refractivity contribution in [2.75, 3.05) is 7.11 Å². The Kier molecular flexibility index (Phi) is 4.09. The number of benzene rings is 2. The lowest BCUT2D eigenvalue weighted by Crippen LogP contribution is -2.24. The maximum absolute atomic E-state index is 14.1. The molecule has 1 N–H and O–H groups in total. The molecule has 1 atom stereocenters. The fourth-order valence-electron chi connectivity index (χ4n) is 2.24. The quantitative estimate of drug-likeness (QED) is 0.923. The van der Waals surface area contributed by atoms with Gasteiger partial charge in [0, 0.05) is 6.42 Å². The monoisotopic (exact) mass is 274 g/mol. The van der Waals surface area contributed by atoms with Crippen LogP contribution in [0.2, 0.25) is 0 Å². The molecule has 1 unspecified atom stereocenters. The first-order valence-electron chi connectivity index (χ1n) is 6.55. The Morgan fingerprint density at radius 1 is 1.15 bits per heavy atom. The Labute approximate surface area is 118 Å². The van der Waals surface area contributed by atoms with Gasteiger partial charge in [-0.2, -0.15) is 0 Å². The summed E-state index contributed by atoms with van der Waals surface area (Å²) in [6.07, 6.45) is 0.194. The Balaban J connectivity index is 2.30. The molecule has 0 spiro atoms. The number of ether oxygens (including phenoxy) is 1. The van der Waals surface area contributed by atoms with Crippen LogP contribution in [0.25, 0.3) is 0 Å². The van der Waals surface area contributed by atoms with Crippen LogP contribution in [0.1, 0.15) is 23.6 Å². The van der Waals surface area contributed by atoms with Gasteiger partial charge in [0.25, 0.3) is 0 Å². The highest BCUT2D eigenvalue weighted by atomic mass is 19.1. The van der Waals surface area contributed by atoms with Crippen LogP contribution in [0.3, 0.4) is 0 Å². The number of halogens is 1. The van der Waals surface area contributed by atoms with Gasteiger partial charge < -0.3 is 9.84 Å². The third-order valence-electron chi connectivity index (χ3n) is 3.47. The zero-order valence-corrected chi connectivity index (χ0v) is 12.0. The number of hydrogen-bond donors (Lipinski definition) is 1. The predicted molar refractivity (Wildman–Crippen MR) is 77.4 cm³/mol. The van der Waals surface area contributed by atoms with Gasteiger partial charge in [0.1, 0.15) is 0 Å². The average molecular weight is 274 g/mol. The number of rotatable bonds is 4. The summed E-state index contributed by atoms with van der Waals surface area (Å²) in [7, 11) is 1.43. The van der Waals surface area contributed by atoms with Crippen molar-refractivity contribution in [3.8, 4) is 5.75 Å². The molecule has 20 heavy (non-hydrogen) atoms. The molecule has 0 aliphatic carbocycles. The van der Waals surface area contributed by atoms with Crippen LogP contribution < -0.4 is 4.74 Å². The Morgan fingerprint density at radius 2 is 1.80 bits per heavy atom. The lowest BCUT2D eigenvalue weighted by Gasteiger charge is -2.24. The highest BCUT2D eigenvalue weighted by Gasteiger charge is 2.25. The van der Waals surface area contributed by atoms with E-state index in [9.17, 15) is 9.50 Å². The molecule has 3 heteroatoms. The molecule has 2 nitrogen and oxygen atoms in total. The maximum Gasteiger partial charge on any atom is 0.168 e. The second-order valence-corrected chi connectivity index (χ2v) is 5.25. The first-order chi connectivity index (χ1) is 9.44. The van der Waals surface area contributed by atoms with Crippen LogP contribution in [0.15, 0.2) is 42.5 Å². The van der Waals surface area contributed by atoms with Crippen molar-refractivity contribution in [1.82, 2.24) is 0 Å². The summed E-state index contributed by atoms with van der Waals surface area (Å²) in [4.78, 5) is 0. The maximum atomic E-state index is 14.1. The van der Waals surface area contributed by atoms with Crippen molar-refractivity contribution in [1.29, 1.82) is 0 Å². The van der Waals surface area contributed by atoms with Gasteiger partial charge in [0.15, 0.2) is 11.6 Å². The normalized spacial score (nSPS) is 13.8. The first-order valence-corrected chi connectivity index (χ1v) is 6.55. The number of aliphatic hydroxyl groups is 1. The summed E-state index contributed by atoms with van der Waals surface area (Å²) in [5.74, 6) is -0.218. The Morgan fingerprint density at radius 3 is 2.40 bits per heavy atom. The third kappa shape index (κ3) is 2.99. The first kappa shape index (κ1) is 14.5. The molecule has 2 aromatic carbocycles. The van der Waals surface area contributed by atoms with E-state index in [2.05, 4.69) is 0 Å². The van der Waals surface area contributed by atoms with Crippen LogP contribution in [-0.2, 0) is 12.0 Å². The Bertz CT molecular complexity index is 588. The minimum atomic E-state index is -1.12. The predicted octanol–water partition coefficient (Wildman–Crippen LogP) is 3.59. The summed E-state index contributed by atoms with van der Waals surface area (Å²) < 4.78 is 19.1. The van der Waals surface area contributed by atoms with Crippen molar-refractivity contribution >= 4 is 0 Å². The molecule has 0 amide bonds. The van der Waals surface area contributed by atoms with Crippen molar-refractivity contribution < 1.29 is 14.2 Å². The second-order valence-electron chi connectivity index (χ2n) is 5.25. The van der Waals surface area contributed by atoms with Gasteiger partial charge in [-0.05, 0) is 31.0 Å². The van der Waals surface area contributed by atoms with Crippen LogP contribution in [0.4, 0.5) is 4.39 Å². The van der Waals surface area contributed by atoms with E-state index in [1.807, 2.05) is 31.2 Å². The molecule has 0 saturated heterocycles.